The van der Waals surface area contributed by atoms with Crippen molar-refractivity contribution < 1.29 is 8.42 Å². The quantitative estimate of drug-likeness (QED) is 0.629. The van der Waals surface area contributed by atoms with Gasteiger partial charge in [-0.15, -0.1) is 0 Å². The summed E-state index contributed by atoms with van der Waals surface area (Å²) in [5, 5.41) is 9.16. The van der Waals surface area contributed by atoms with Crippen LogP contribution >= 0.6 is 0 Å². The Kier molecular flexibility index (Phi) is 4.88. The summed E-state index contributed by atoms with van der Waals surface area (Å²) in [4.78, 5) is 11.7. The molecule has 2 saturated heterocycles. The lowest BCUT2D eigenvalue weighted by molar-refractivity contribution is 0.192. The zero-order valence-corrected chi connectivity index (χ0v) is 17.9. The van der Waals surface area contributed by atoms with Crippen molar-refractivity contribution in [2.45, 2.75) is 36.1 Å². The Morgan fingerprint density at radius 2 is 1.74 bits per heavy atom. The van der Waals surface area contributed by atoms with E-state index in [1.54, 1.807) is 28.7 Å². The normalized spacial score (nSPS) is 19.0. The fraction of sp³-hybridized carbons (Fsp3) is 0.348. The number of fused-ring (bicyclic) bond motifs is 1. The maximum absolute atomic E-state index is 13.5. The second kappa shape index (κ2) is 7.59. The molecular weight excluding hydrogens is 410 g/mol. The molecule has 2 aliphatic heterocycles. The van der Waals surface area contributed by atoms with E-state index in [4.69, 9.17) is 10.2 Å². The molecule has 0 aliphatic carbocycles. The van der Waals surface area contributed by atoms with Gasteiger partial charge >= 0.3 is 0 Å². The molecule has 3 heterocycles. The Hall–Kier alpha value is -3.02. The van der Waals surface area contributed by atoms with E-state index in [2.05, 4.69) is 9.88 Å². The monoisotopic (exact) mass is 433 g/mol. The van der Waals surface area contributed by atoms with E-state index in [1.165, 1.54) is 6.07 Å². The summed E-state index contributed by atoms with van der Waals surface area (Å²) in [5.41, 5.74) is 1.72. The van der Waals surface area contributed by atoms with E-state index >= 15 is 0 Å². The minimum atomic E-state index is -3.65. The van der Waals surface area contributed by atoms with Crippen LogP contribution in [0.25, 0.3) is 11.0 Å². The molecule has 2 fully saturated rings. The molecule has 0 radical (unpaired) electrons. The average molecular weight is 434 g/mol. The predicted octanol–water partition coefficient (Wildman–Crippen LogP) is 3.33. The summed E-state index contributed by atoms with van der Waals surface area (Å²) < 4.78 is 28.6. The number of nitriles is 1. The third kappa shape index (κ3) is 3.44. The summed E-state index contributed by atoms with van der Waals surface area (Å²) in [7, 11) is -3.65. The minimum absolute atomic E-state index is 0.204. The Labute approximate surface area is 182 Å². The molecule has 158 valence electrons. The number of rotatable bonds is 3. The van der Waals surface area contributed by atoms with Crippen molar-refractivity contribution in [3.63, 3.8) is 0 Å². The van der Waals surface area contributed by atoms with Crippen molar-refractivity contribution in [1.82, 2.24) is 14.3 Å². The molecule has 2 aliphatic rings. The van der Waals surface area contributed by atoms with E-state index in [0.29, 0.717) is 12.1 Å². The molecule has 8 heteroatoms. The summed E-state index contributed by atoms with van der Waals surface area (Å²) in [6, 6.07) is 16.2. The number of aromatic nitrogens is 2. The average Bonchev–Trinajstić information content (AvgIpc) is 3.23. The second-order valence-electron chi connectivity index (χ2n) is 8.25. The van der Waals surface area contributed by atoms with Crippen molar-refractivity contribution in [2.75, 3.05) is 24.5 Å². The first-order chi connectivity index (χ1) is 15.0. The van der Waals surface area contributed by atoms with E-state index in [-0.39, 0.29) is 10.4 Å². The SMILES string of the molecule is N#Cc1cccc(S(=O)(=O)N2CCCC23CCN(c2cnc4ccccc4n2)CC3)c1. The molecule has 0 atom stereocenters. The highest BCUT2D eigenvalue weighted by molar-refractivity contribution is 7.89. The zero-order valence-electron chi connectivity index (χ0n) is 17.1. The van der Waals surface area contributed by atoms with E-state index in [0.717, 1.165) is 55.6 Å². The molecule has 0 N–H and O–H groups in total. The van der Waals surface area contributed by atoms with Crippen LogP contribution < -0.4 is 4.90 Å². The van der Waals surface area contributed by atoms with Gasteiger partial charge in [0.15, 0.2) is 0 Å². The van der Waals surface area contributed by atoms with Gasteiger partial charge in [-0.05, 0) is 56.0 Å². The highest BCUT2D eigenvalue weighted by Crippen LogP contribution is 2.42. The third-order valence-electron chi connectivity index (χ3n) is 6.54. The smallest absolute Gasteiger partial charge is 0.243 e. The van der Waals surface area contributed by atoms with Gasteiger partial charge in [-0.3, -0.25) is 4.98 Å². The lowest BCUT2D eigenvalue weighted by atomic mass is 9.86. The van der Waals surface area contributed by atoms with Gasteiger partial charge in [0.05, 0.1) is 33.8 Å². The van der Waals surface area contributed by atoms with Crippen molar-refractivity contribution in [1.29, 1.82) is 5.26 Å². The van der Waals surface area contributed by atoms with Crippen LogP contribution in [0.1, 0.15) is 31.2 Å². The lowest BCUT2D eigenvalue weighted by Gasteiger charge is -2.44. The summed E-state index contributed by atoms with van der Waals surface area (Å²) in [5.74, 6) is 0.836. The van der Waals surface area contributed by atoms with Crippen LogP contribution in [0.4, 0.5) is 5.82 Å². The van der Waals surface area contributed by atoms with Crippen LogP contribution in [-0.2, 0) is 10.0 Å². The summed E-state index contributed by atoms with van der Waals surface area (Å²) >= 11 is 0. The van der Waals surface area contributed by atoms with Crippen molar-refractivity contribution >= 4 is 26.9 Å². The molecule has 0 amide bonds. The van der Waals surface area contributed by atoms with Gasteiger partial charge < -0.3 is 4.90 Å². The lowest BCUT2D eigenvalue weighted by Crippen LogP contribution is -2.54. The van der Waals surface area contributed by atoms with Gasteiger partial charge in [-0.2, -0.15) is 9.57 Å². The van der Waals surface area contributed by atoms with Gasteiger partial charge in [-0.1, -0.05) is 18.2 Å². The fourth-order valence-electron chi connectivity index (χ4n) is 4.89. The van der Waals surface area contributed by atoms with E-state index < -0.39 is 10.0 Å². The van der Waals surface area contributed by atoms with Crippen molar-refractivity contribution in [3.05, 3.63) is 60.3 Å². The standard InChI is InChI=1S/C23H23N5O2S/c24-16-18-5-3-6-19(15-18)31(29,30)28-12-4-9-23(28)10-13-27(14-11-23)22-17-25-20-7-1-2-8-21(20)26-22/h1-3,5-8,15,17H,4,9-14H2. The highest BCUT2D eigenvalue weighted by Gasteiger charge is 2.49. The topological polar surface area (TPSA) is 90.2 Å². The fourth-order valence-corrected chi connectivity index (χ4v) is 6.83. The summed E-state index contributed by atoms with van der Waals surface area (Å²) in [6.45, 7) is 1.99. The molecule has 0 unspecified atom stereocenters. The Morgan fingerprint density at radius 1 is 0.968 bits per heavy atom. The van der Waals surface area contributed by atoms with Gasteiger partial charge in [0.25, 0.3) is 0 Å². The molecule has 7 nitrogen and oxygen atoms in total. The molecule has 5 rings (SSSR count). The van der Waals surface area contributed by atoms with E-state index in [1.807, 2.05) is 30.3 Å². The molecule has 1 spiro atoms. The van der Waals surface area contributed by atoms with Crippen LogP contribution in [0.3, 0.4) is 0 Å². The second-order valence-corrected chi connectivity index (χ2v) is 10.1. The van der Waals surface area contributed by atoms with Gasteiger partial charge in [0.1, 0.15) is 5.82 Å². The van der Waals surface area contributed by atoms with Crippen LogP contribution in [0.5, 0.6) is 0 Å². The van der Waals surface area contributed by atoms with Crippen LogP contribution in [-0.4, -0.2) is 47.9 Å². The van der Waals surface area contributed by atoms with Gasteiger partial charge in [0.2, 0.25) is 10.0 Å². The maximum Gasteiger partial charge on any atom is 0.243 e. The van der Waals surface area contributed by atoms with Gasteiger partial charge in [0, 0.05) is 25.2 Å². The van der Waals surface area contributed by atoms with Crippen LogP contribution in [0.15, 0.2) is 59.6 Å². The molecule has 0 saturated carbocycles. The molecule has 3 aromatic rings. The number of benzene rings is 2. The number of nitrogens with zero attached hydrogens (tertiary/aromatic N) is 5. The zero-order chi connectivity index (χ0) is 21.5. The number of para-hydroxylation sites is 2. The highest BCUT2D eigenvalue weighted by atomic mass is 32.2. The number of piperidine rings is 1. The summed E-state index contributed by atoms with van der Waals surface area (Å²) in [6.07, 6.45) is 5.02. The number of sulfonamides is 1. The minimum Gasteiger partial charge on any atom is -0.355 e. The molecule has 1 aromatic heterocycles. The first kappa shape index (κ1) is 19.9. The van der Waals surface area contributed by atoms with Crippen LogP contribution in [0.2, 0.25) is 0 Å². The first-order valence-electron chi connectivity index (χ1n) is 10.5. The third-order valence-corrected chi connectivity index (χ3v) is 8.54. The maximum atomic E-state index is 13.5. The number of hydrogen-bond donors (Lipinski definition) is 0. The molecule has 2 aromatic carbocycles. The van der Waals surface area contributed by atoms with Crippen LogP contribution in [0, 0.1) is 11.3 Å². The number of anilines is 1. The van der Waals surface area contributed by atoms with Gasteiger partial charge in [-0.25, -0.2) is 13.4 Å². The predicted molar refractivity (Wildman–Crippen MR) is 118 cm³/mol. The van der Waals surface area contributed by atoms with Crippen molar-refractivity contribution in [2.24, 2.45) is 0 Å². The Balaban J connectivity index is 1.38. The number of hydrogen-bond acceptors (Lipinski definition) is 6. The molecular formula is C23H23N5O2S. The molecule has 0 bridgehead atoms. The Bertz CT molecular complexity index is 1280. The largest absolute Gasteiger partial charge is 0.355 e. The molecule has 31 heavy (non-hydrogen) atoms. The Morgan fingerprint density at radius 3 is 2.52 bits per heavy atom. The van der Waals surface area contributed by atoms with Crippen molar-refractivity contribution in [3.8, 4) is 6.07 Å². The van der Waals surface area contributed by atoms with E-state index in [9.17, 15) is 8.42 Å². The first-order valence-corrected chi connectivity index (χ1v) is 12.0.